The number of nitrogens with one attached hydrogen (secondary N) is 1. The van der Waals surface area contributed by atoms with Crippen molar-refractivity contribution >= 4 is 0 Å². The molecule has 0 saturated heterocycles. The minimum absolute atomic E-state index is 0.0848. The summed E-state index contributed by atoms with van der Waals surface area (Å²) in [5, 5.41) is 2.88. The highest BCUT2D eigenvalue weighted by Gasteiger charge is 2.29. The summed E-state index contributed by atoms with van der Waals surface area (Å²) in [4.78, 5) is 0. The van der Waals surface area contributed by atoms with Crippen LogP contribution < -0.4 is 5.32 Å². The zero-order chi connectivity index (χ0) is 15.3. The fourth-order valence-corrected chi connectivity index (χ4v) is 1.94. The van der Waals surface area contributed by atoms with Gasteiger partial charge in [0.1, 0.15) is 11.6 Å². The number of halogens is 5. The molecule has 1 aromatic rings. The first-order chi connectivity index (χ1) is 9.24. The first-order valence-corrected chi connectivity index (χ1v) is 6.50. The van der Waals surface area contributed by atoms with Crippen LogP contribution in [0.1, 0.15) is 43.4 Å². The third kappa shape index (κ3) is 5.07. The molecule has 0 aliphatic heterocycles. The van der Waals surface area contributed by atoms with E-state index in [1.165, 1.54) is 13.0 Å². The van der Waals surface area contributed by atoms with Crippen LogP contribution in [0.4, 0.5) is 22.0 Å². The van der Waals surface area contributed by atoms with Crippen molar-refractivity contribution < 1.29 is 22.0 Å². The molecule has 0 amide bonds. The van der Waals surface area contributed by atoms with Crippen LogP contribution in [0.5, 0.6) is 0 Å². The molecule has 1 N–H and O–H groups in total. The van der Waals surface area contributed by atoms with E-state index < -0.39 is 30.3 Å². The van der Waals surface area contributed by atoms with E-state index in [9.17, 15) is 22.0 Å². The summed E-state index contributed by atoms with van der Waals surface area (Å²) in [5.74, 6) is -1.51. The zero-order valence-electron chi connectivity index (χ0n) is 11.5. The van der Waals surface area contributed by atoms with Crippen molar-refractivity contribution in [1.29, 1.82) is 0 Å². The topological polar surface area (TPSA) is 12.0 Å². The molecule has 1 aromatic carbocycles. The Kier molecular flexibility index (Phi) is 5.92. The number of hydrogen-bond donors (Lipinski definition) is 1. The highest BCUT2D eigenvalue weighted by Crippen LogP contribution is 2.29. The fourth-order valence-electron chi connectivity index (χ4n) is 1.94. The van der Waals surface area contributed by atoms with E-state index in [4.69, 9.17) is 0 Å². The summed E-state index contributed by atoms with van der Waals surface area (Å²) in [6, 6.07) is 1.23. The van der Waals surface area contributed by atoms with E-state index in [0.717, 1.165) is 6.07 Å². The Morgan fingerprint density at radius 2 is 1.80 bits per heavy atom. The Morgan fingerprint density at radius 3 is 2.35 bits per heavy atom. The molecule has 0 bridgehead atoms. The predicted molar refractivity (Wildman–Crippen MR) is 67.4 cm³/mol. The van der Waals surface area contributed by atoms with Gasteiger partial charge >= 0.3 is 6.18 Å². The van der Waals surface area contributed by atoms with E-state index in [-0.39, 0.29) is 17.5 Å². The maximum Gasteiger partial charge on any atom is 0.389 e. The fraction of sp³-hybridized carbons (Fsp3) is 0.571. The standard InChI is InChI=1S/C14H18F5N/c1-3-6-20-13(4-5-14(17,18)19)10-7-9(2)11(15)8-12(10)16/h7-8,13,20H,3-6H2,1-2H3. The molecule has 1 unspecified atom stereocenters. The van der Waals surface area contributed by atoms with Gasteiger partial charge in [-0.3, -0.25) is 0 Å². The molecule has 0 aliphatic rings. The quantitative estimate of drug-likeness (QED) is 0.753. The summed E-state index contributed by atoms with van der Waals surface area (Å²) in [6.07, 6.45) is -4.86. The maximum absolute atomic E-state index is 13.8. The van der Waals surface area contributed by atoms with Gasteiger partial charge in [-0.05, 0) is 37.9 Å². The second kappa shape index (κ2) is 7.02. The molecule has 1 atom stereocenters. The molecule has 6 heteroatoms. The number of aryl methyl sites for hydroxylation is 1. The molecule has 0 radical (unpaired) electrons. The van der Waals surface area contributed by atoms with Crippen LogP contribution in [0.25, 0.3) is 0 Å². The predicted octanol–water partition coefficient (Wildman–Crippen LogP) is 4.66. The van der Waals surface area contributed by atoms with Crippen LogP contribution >= 0.6 is 0 Å². The van der Waals surface area contributed by atoms with Crippen molar-refractivity contribution in [1.82, 2.24) is 5.32 Å². The van der Waals surface area contributed by atoms with Gasteiger partial charge in [0, 0.05) is 24.1 Å². The first kappa shape index (κ1) is 16.9. The van der Waals surface area contributed by atoms with Crippen LogP contribution in [0, 0.1) is 18.6 Å². The molecule has 1 nitrogen and oxygen atoms in total. The lowest BCUT2D eigenvalue weighted by Crippen LogP contribution is -2.25. The first-order valence-electron chi connectivity index (χ1n) is 6.50. The van der Waals surface area contributed by atoms with Crippen molar-refractivity contribution in [2.45, 2.75) is 45.3 Å². The lowest BCUT2D eigenvalue weighted by atomic mass is 9.99. The van der Waals surface area contributed by atoms with Gasteiger partial charge in [-0.1, -0.05) is 6.92 Å². The Balaban J connectivity index is 2.95. The van der Waals surface area contributed by atoms with Crippen molar-refractivity contribution in [3.05, 3.63) is 34.9 Å². The Morgan fingerprint density at radius 1 is 1.15 bits per heavy atom. The number of rotatable bonds is 6. The smallest absolute Gasteiger partial charge is 0.310 e. The molecule has 1 rings (SSSR count). The van der Waals surface area contributed by atoms with E-state index in [0.29, 0.717) is 13.0 Å². The second-order valence-corrected chi connectivity index (χ2v) is 4.78. The molecule has 0 spiro atoms. The average Bonchev–Trinajstić information content (AvgIpc) is 2.33. The van der Waals surface area contributed by atoms with Crippen LogP contribution in [0.15, 0.2) is 12.1 Å². The molecule has 20 heavy (non-hydrogen) atoms. The van der Waals surface area contributed by atoms with Gasteiger partial charge in [-0.25, -0.2) is 8.78 Å². The third-order valence-corrected chi connectivity index (χ3v) is 3.01. The maximum atomic E-state index is 13.8. The Bertz CT molecular complexity index is 442. The lowest BCUT2D eigenvalue weighted by Gasteiger charge is -2.21. The molecule has 0 aliphatic carbocycles. The van der Waals surface area contributed by atoms with Crippen LogP contribution in [-0.2, 0) is 0 Å². The third-order valence-electron chi connectivity index (χ3n) is 3.01. The summed E-state index contributed by atoms with van der Waals surface area (Å²) in [5.41, 5.74) is 0.304. The molecule has 0 fully saturated rings. The molecule has 114 valence electrons. The van der Waals surface area contributed by atoms with Crippen LogP contribution in [0.3, 0.4) is 0 Å². The van der Waals surface area contributed by atoms with E-state index in [1.807, 2.05) is 6.92 Å². The highest BCUT2D eigenvalue weighted by atomic mass is 19.4. The summed E-state index contributed by atoms with van der Waals surface area (Å²) in [6.45, 7) is 3.79. The summed E-state index contributed by atoms with van der Waals surface area (Å²) >= 11 is 0. The Hall–Kier alpha value is -1.17. The monoisotopic (exact) mass is 295 g/mol. The van der Waals surface area contributed by atoms with Crippen LogP contribution in [-0.4, -0.2) is 12.7 Å². The molecule has 0 aromatic heterocycles. The van der Waals surface area contributed by atoms with Crippen molar-refractivity contribution in [3.63, 3.8) is 0 Å². The summed E-state index contributed by atoms with van der Waals surface area (Å²) < 4.78 is 63.9. The van der Waals surface area contributed by atoms with Crippen molar-refractivity contribution in [2.24, 2.45) is 0 Å². The normalized spacial score (nSPS) is 13.6. The SMILES string of the molecule is CCCNC(CCC(F)(F)F)c1cc(C)c(F)cc1F. The second-order valence-electron chi connectivity index (χ2n) is 4.78. The van der Waals surface area contributed by atoms with Gasteiger partial charge < -0.3 is 5.32 Å². The van der Waals surface area contributed by atoms with E-state index in [2.05, 4.69) is 5.32 Å². The van der Waals surface area contributed by atoms with Gasteiger partial charge in [0.15, 0.2) is 0 Å². The molecule has 0 heterocycles. The van der Waals surface area contributed by atoms with Gasteiger partial charge in [0.05, 0.1) is 0 Å². The van der Waals surface area contributed by atoms with E-state index >= 15 is 0 Å². The number of hydrogen-bond acceptors (Lipinski definition) is 1. The average molecular weight is 295 g/mol. The lowest BCUT2D eigenvalue weighted by molar-refractivity contribution is -0.136. The number of alkyl halides is 3. The van der Waals surface area contributed by atoms with Gasteiger partial charge in [-0.15, -0.1) is 0 Å². The molecular weight excluding hydrogens is 277 g/mol. The zero-order valence-corrected chi connectivity index (χ0v) is 11.5. The van der Waals surface area contributed by atoms with E-state index in [1.54, 1.807) is 0 Å². The van der Waals surface area contributed by atoms with Crippen molar-refractivity contribution in [2.75, 3.05) is 6.54 Å². The highest BCUT2D eigenvalue weighted by molar-refractivity contribution is 5.28. The molecular formula is C14H18F5N. The van der Waals surface area contributed by atoms with Gasteiger partial charge in [0.25, 0.3) is 0 Å². The minimum atomic E-state index is -4.29. The largest absolute Gasteiger partial charge is 0.389 e. The Labute approximate surface area is 115 Å². The summed E-state index contributed by atoms with van der Waals surface area (Å²) in [7, 11) is 0. The van der Waals surface area contributed by atoms with Gasteiger partial charge in [0.2, 0.25) is 0 Å². The minimum Gasteiger partial charge on any atom is -0.310 e. The number of benzene rings is 1. The van der Waals surface area contributed by atoms with Crippen LogP contribution in [0.2, 0.25) is 0 Å². The van der Waals surface area contributed by atoms with Gasteiger partial charge in [-0.2, -0.15) is 13.2 Å². The molecule has 0 saturated carbocycles. The van der Waals surface area contributed by atoms with Crippen molar-refractivity contribution in [3.8, 4) is 0 Å².